The molecule has 0 amide bonds. The first-order valence-electron chi connectivity index (χ1n) is 5.88. The summed E-state index contributed by atoms with van der Waals surface area (Å²) in [5, 5.41) is 5.37. The molecule has 4 nitrogen and oxygen atoms in total. The van der Waals surface area contributed by atoms with Gasteiger partial charge in [0.15, 0.2) is 9.84 Å². The van der Waals surface area contributed by atoms with Gasteiger partial charge >= 0.3 is 0 Å². The minimum absolute atomic E-state index is 0.137. The number of rotatable bonds is 3. The lowest BCUT2D eigenvalue weighted by atomic mass is 9.67. The van der Waals surface area contributed by atoms with E-state index in [0.29, 0.717) is 17.4 Å². The van der Waals surface area contributed by atoms with Crippen molar-refractivity contribution in [2.45, 2.75) is 12.8 Å². The molecule has 0 aromatic carbocycles. The van der Waals surface area contributed by atoms with Crippen LogP contribution in [0.3, 0.4) is 0 Å². The molecule has 0 radical (unpaired) electrons. The molecule has 1 aromatic rings. The Kier molecular flexibility index (Phi) is 2.76. The standard InChI is InChI=1S/C11H16N2O2S2/c14-17(15)2-1-9(5-17)11(6-12-7-11)3-10-4-16-8-13-10/h4,8-9,12H,1-3,5-7H2. The molecule has 3 rings (SSSR count). The van der Waals surface area contributed by atoms with E-state index in [1.54, 1.807) is 11.3 Å². The molecule has 0 aliphatic carbocycles. The molecule has 3 heterocycles. The van der Waals surface area contributed by atoms with Crippen molar-refractivity contribution in [2.24, 2.45) is 11.3 Å². The van der Waals surface area contributed by atoms with Crippen LogP contribution in [0.1, 0.15) is 12.1 Å². The van der Waals surface area contributed by atoms with Crippen molar-refractivity contribution in [3.63, 3.8) is 0 Å². The van der Waals surface area contributed by atoms with Crippen LogP contribution >= 0.6 is 11.3 Å². The van der Waals surface area contributed by atoms with Crippen molar-refractivity contribution < 1.29 is 8.42 Å². The summed E-state index contributed by atoms with van der Waals surface area (Å²) in [6.07, 6.45) is 1.75. The molecular formula is C11H16N2O2S2. The van der Waals surface area contributed by atoms with Gasteiger partial charge in [0.05, 0.1) is 22.7 Å². The molecule has 1 N–H and O–H groups in total. The van der Waals surface area contributed by atoms with Crippen molar-refractivity contribution in [3.05, 3.63) is 16.6 Å². The van der Waals surface area contributed by atoms with Crippen LogP contribution in [0.5, 0.6) is 0 Å². The van der Waals surface area contributed by atoms with Gasteiger partial charge in [0.25, 0.3) is 0 Å². The zero-order valence-electron chi connectivity index (χ0n) is 9.55. The summed E-state index contributed by atoms with van der Waals surface area (Å²) < 4.78 is 23.2. The van der Waals surface area contributed by atoms with Crippen LogP contribution in [0.2, 0.25) is 0 Å². The van der Waals surface area contributed by atoms with Crippen LogP contribution in [-0.2, 0) is 16.3 Å². The fourth-order valence-electron chi connectivity index (χ4n) is 2.97. The second-order valence-electron chi connectivity index (χ2n) is 5.22. The summed E-state index contributed by atoms with van der Waals surface area (Å²) in [6.45, 7) is 1.87. The van der Waals surface area contributed by atoms with Crippen molar-refractivity contribution in [1.82, 2.24) is 10.3 Å². The summed E-state index contributed by atoms with van der Waals surface area (Å²) >= 11 is 1.61. The van der Waals surface area contributed by atoms with Gasteiger partial charge in [-0.1, -0.05) is 0 Å². The minimum Gasteiger partial charge on any atom is -0.315 e. The van der Waals surface area contributed by atoms with Gasteiger partial charge in [-0.25, -0.2) is 13.4 Å². The number of nitrogens with one attached hydrogen (secondary N) is 1. The monoisotopic (exact) mass is 272 g/mol. The Morgan fingerprint density at radius 1 is 1.53 bits per heavy atom. The van der Waals surface area contributed by atoms with Gasteiger partial charge in [0.1, 0.15) is 0 Å². The summed E-state index contributed by atoms with van der Waals surface area (Å²) in [6, 6.07) is 0. The van der Waals surface area contributed by atoms with Crippen molar-refractivity contribution in [3.8, 4) is 0 Å². The second kappa shape index (κ2) is 4.03. The predicted molar refractivity (Wildman–Crippen MR) is 67.9 cm³/mol. The lowest BCUT2D eigenvalue weighted by molar-refractivity contribution is 0.0914. The number of sulfone groups is 1. The number of thiazole rings is 1. The molecule has 2 aliphatic rings. The predicted octanol–water partition coefficient (Wildman–Crippen LogP) is 0.710. The number of hydrogen-bond acceptors (Lipinski definition) is 5. The minimum atomic E-state index is -2.78. The van der Waals surface area contributed by atoms with Crippen LogP contribution in [0.25, 0.3) is 0 Å². The lowest BCUT2D eigenvalue weighted by Gasteiger charge is -2.46. The van der Waals surface area contributed by atoms with Gasteiger partial charge < -0.3 is 5.32 Å². The van der Waals surface area contributed by atoms with Crippen LogP contribution in [0, 0.1) is 11.3 Å². The Morgan fingerprint density at radius 3 is 2.82 bits per heavy atom. The highest BCUT2D eigenvalue weighted by Gasteiger charge is 2.48. The van der Waals surface area contributed by atoms with Gasteiger partial charge in [-0.2, -0.15) is 0 Å². The van der Waals surface area contributed by atoms with Gasteiger partial charge in [0.2, 0.25) is 0 Å². The fraction of sp³-hybridized carbons (Fsp3) is 0.727. The van der Waals surface area contributed by atoms with Crippen molar-refractivity contribution >= 4 is 21.2 Å². The fourth-order valence-corrected chi connectivity index (χ4v) is 5.47. The molecule has 0 bridgehead atoms. The van der Waals surface area contributed by atoms with Crippen LogP contribution < -0.4 is 5.32 Å². The molecule has 1 atom stereocenters. The molecular weight excluding hydrogens is 256 g/mol. The van der Waals surface area contributed by atoms with Gasteiger partial charge in [-0.15, -0.1) is 11.3 Å². The molecule has 0 spiro atoms. The maximum absolute atomic E-state index is 11.6. The normalized spacial score (nSPS) is 30.0. The molecule has 0 saturated carbocycles. The largest absolute Gasteiger partial charge is 0.315 e. The number of nitrogens with zero attached hydrogens (tertiary/aromatic N) is 1. The Morgan fingerprint density at radius 2 is 2.35 bits per heavy atom. The highest BCUT2D eigenvalue weighted by atomic mass is 32.2. The van der Waals surface area contributed by atoms with Crippen LogP contribution in [0.15, 0.2) is 10.9 Å². The second-order valence-corrected chi connectivity index (χ2v) is 8.17. The molecule has 1 aromatic heterocycles. The number of hydrogen-bond donors (Lipinski definition) is 1. The van der Waals surface area contributed by atoms with E-state index in [1.807, 2.05) is 5.51 Å². The highest BCUT2D eigenvalue weighted by Crippen LogP contribution is 2.41. The average Bonchev–Trinajstić information content (AvgIpc) is 2.81. The van der Waals surface area contributed by atoms with E-state index in [0.717, 1.165) is 31.6 Å². The van der Waals surface area contributed by atoms with Gasteiger partial charge in [-0.3, -0.25) is 0 Å². The van der Waals surface area contributed by atoms with Gasteiger partial charge in [0, 0.05) is 23.9 Å². The Hall–Kier alpha value is -0.460. The Bertz CT molecular complexity index is 492. The van der Waals surface area contributed by atoms with E-state index in [2.05, 4.69) is 15.7 Å². The molecule has 2 aliphatic heterocycles. The van der Waals surface area contributed by atoms with Crippen LogP contribution in [0.4, 0.5) is 0 Å². The average molecular weight is 272 g/mol. The third-order valence-electron chi connectivity index (χ3n) is 4.07. The molecule has 17 heavy (non-hydrogen) atoms. The first-order valence-corrected chi connectivity index (χ1v) is 8.64. The maximum Gasteiger partial charge on any atom is 0.150 e. The molecule has 6 heteroatoms. The smallest absolute Gasteiger partial charge is 0.150 e. The summed E-state index contributed by atoms with van der Waals surface area (Å²) in [4.78, 5) is 4.33. The zero-order chi connectivity index (χ0) is 11.9. The van der Waals surface area contributed by atoms with E-state index in [1.165, 1.54) is 0 Å². The van der Waals surface area contributed by atoms with Gasteiger partial charge in [-0.05, 0) is 18.8 Å². The van der Waals surface area contributed by atoms with Crippen LogP contribution in [-0.4, -0.2) is 38.0 Å². The van der Waals surface area contributed by atoms with Crippen molar-refractivity contribution in [1.29, 1.82) is 0 Å². The van der Waals surface area contributed by atoms with E-state index in [4.69, 9.17) is 0 Å². The molecule has 2 fully saturated rings. The van der Waals surface area contributed by atoms with E-state index in [9.17, 15) is 8.42 Å². The SMILES string of the molecule is O=S1(=O)CCC(C2(Cc3cscn3)CNC2)C1. The third-order valence-corrected chi connectivity index (χ3v) is 6.47. The van der Waals surface area contributed by atoms with Crippen molar-refractivity contribution in [2.75, 3.05) is 24.6 Å². The van der Waals surface area contributed by atoms with E-state index in [-0.39, 0.29) is 5.41 Å². The molecule has 1 unspecified atom stereocenters. The van der Waals surface area contributed by atoms with E-state index < -0.39 is 9.84 Å². The molecule has 94 valence electrons. The third kappa shape index (κ3) is 2.13. The first-order chi connectivity index (χ1) is 8.10. The summed E-state index contributed by atoms with van der Waals surface area (Å²) in [7, 11) is -2.78. The summed E-state index contributed by atoms with van der Waals surface area (Å²) in [5.41, 5.74) is 3.10. The lowest BCUT2D eigenvalue weighted by Crippen LogP contribution is -2.59. The number of aromatic nitrogens is 1. The Labute approximate surface area is 105 Å². The zero-order valence-corrected chi connectivity index (χ0v) is 11.2. The van der Waals surface area contributed by atoms with E-state index >= 15 is 0 Å². The highest BCUT2D eigenvalue weighted by molar-refractivity contribution is 7.91. The summed E-state index contributed by atoms with van der Waals surface area (Å²) in [5.74, 6) is 1.06. The maximum atomic E-state index is 11.6. The quantitative estimate of drug-likeness (QED) is 0.880. The topological polar surface area (TPSA) is 59.1 Å². The Balaban J connectivity index is 1.78. The first kappa shape index (κ1) is 11.6. The molecule has 2 saturated heterocycles.